The summed E-state index contributed by atoms with van der Waals surface area (Å²) in [6.45, 7) is 5.10. The van der Waals surface area contributed by atoms with Gasteiger partial charge in [0.25, 0.3) is 0 Å². The first kappa shape index (κ1) is 14.0. The summed E-state index contributed by atoms with van der Waals surface area (Å²) >= 11 is 1.54. The normalized spacial score (nSPS) is 10.9. The Bertz CT molecular complexity index is 514. The van der Waals surface area contributed by atoms with Crippen LogP contribution in [0.1, 0.15) is 24.4 Å². The Balaban J connectivity index is 2.05. The van der Waals surface area contributed by atoms with Crippen LogP contribution in [0.5, 0.6) is 5.75 Å². The van der Waals surface area contributed by atoms with Crippen molar-refractivity contribution >= 4 is 11.3 Å². The third-order valence-electron chi connectivity index (χ3n) is 2.56. The van der Waals surface area contributed by atoms with Gasteiger partial charge in [-0.1, -0.05) is 13.8 Å². The Hall–Kier alpha value is -1.46. The van der Waals surface area contributed by atoms with Crippen LogP contribution in [0, 0.1) is 5.82 Å². The topological polar surface area (TPSA) is 34.1 Å². The summed E-state index contributed by atoms with van der Waals surface area (Å²) in [5.41, 5.74) is 0.824. The van der Waals surface area contributed by atoms with Crippen molar-refractivity contribution < 1.29 is 9.13 Å². The summed E-state index contributed by atoms with van der Waals surface area (Å²) in [5, 5.41) is 6.08. The number of hydrogen-bond acceptors (Lipinski definition) is 4. The van der Waals surface area contributed by atoms with E-state index in [0.29, 0.717) is 24.9 Å². The number of nitrogens with one attached hydrogen (secondary N) is 1. The molecule has 0 aliphatic heterocycles. The number of thiazole rings is 1. The van der Waals surface area contributed by atoms with E-state index in [-0.39, 0.29) is 5.82 Å². The van der Waals surface area contributed by atoms with Crippen molar-refractivity contribution in [3.63, 3.8) is 0 Å². The maximum atomic E-state index is 13.3. The zero-order valence-corrected chi connectivity index (χ0v) is 11.8. The van der Waals surface area contributed by atoms with Gasteiger partial charge in [-0.15, -0.1) is 11.3 Å². The number of nitrogens with zero attached hydrogens (tertiary/aromatic N) is 1. The molecule has 0 unspecified atom stereocenters. The van der Waals surface area contributed by atoms with Gasteiger partial charge in [0.05, 0.1) is 0 Å². The molecule has 1 N–H and O–H groups in total. The minimum absolute atomic E-state index is 0.248. The van der Waals surface area contributed by atoms with E-state index in [9.17, 15) is 4.39 Å². The lowest BCUT2D eigenvalue weighted by Gasteiger charge is -2.13. The lowest BCUT2D eigenvalue weighted by molar-refractivity contribution is 0.300. The molecular weight excluding hydrogens is 263 g/mol. The Labute approximate surface area is 116 Å². The molecule has 0 aliphatic rings. The maximum absolute atomic E-state index is 13.3. The van der Waals surface area contributed by atoms with E-state index in [1.165, 1.54) is 12.1 Å². The van der Waals surface area contributed by atoms with Gasteiger partial charge in [-0.05, 0) is 18.2 Å². The third-order valence-corrected chi connectivity index (χ3v) is 3.31. The molecule has 5 heteroatoms. The number of benzene rings is 1. The SMILES string of the molecule is CC(C)NCc1cc(F)ccc1OCc1nccs1. The van der Waals surface area contributed by atoms with Crippen LogP contribution in [-0.4, -0.2) is 11.0 Å². The third kappa shape index (κ3) is 4.29. The summed E-state index contributed by atoms with van der Waals surface area (Å²) in [4.78, 5) is 4.16. The van der Waals surface area contributed by atoms with Gasteiger partial charge in [-0.3, -0.25) is 0 Å². The van der Waals surface area contributed by atoms with E-state index >= 15 is 0 Å². The van der Waals surface area contributed by atoms with Crippen molar-refractivity contribution in [3.8, 4) is 5.75 Å². The second-order valence-electron chi connectivity index (χ2n) is 4.50. The molecule has 1 aromatic heterocycles. The summed E-state index contributed by atoms with van der Waals surface area (Å²) in [5.74, 6) is 0.451. The van der Waals surface area contributed by atoms with Crippen LogP contribution >= 0.6 is 11.3 Å². The minimum atomic E-state index is -0.248. The number of hydrogen-bond donors (Lipinski definition) is 1. The molecule has 2 rings (SSSR count). The van der Waals surface area contributed by atoms with Crippen molar-refractivity contribution in [2.45, 2.75) is 33.0 Å². The second-order valence-corrected chi connectivity index (χ2v) is 5.48. The molecule has 0 saturated carbocycles. The zero-order valence-electron chi connectivity index (χ0n) is 11.0. The van der Waals surface area contributed by atoms with E-state index in [2.05, 4.69) is 24.1 Å². The number of aromatic nitrogens is 1. The maximum Gasteiger partial charge on any atom is 0.140 e. The Morgan fingerprint density at radius 3 is 2.95 bits per heavy atom. The summed E-state index contributed by atoms with van der Waals surface area (Å²) in [7, 11) is 0. The standard InChI is InChI=1S/C14H17FN2OS/c1-10(2)17-8-11-7-12(15)3-4-13(11)18-9-14-16-5-6-19-14/h3-7,10,17H,8-9H2,1-2H3. The molecule has 2 aromatic rings. The first-order valence-electron chi connectivity index (χ1n) is 6.18. The predicted molar refractivity (Wildman–Crippen MR) is 74.8 cm³/mol. The molecule has 0 bridgehead atoms. The van der Waals surface area contributed by atoms with Crippen LogP contribution in [0.25, 0.3) is 0 Å². The van der Waals surface area contributed by atoms with Gasteiger partial charge in [0.2, 0.25) is 0 Å². The highest BCUT2D eigenvalue weighted by molar-refractivity contribution is 7.09. The highest BCUT2D eigenvalue weighted by atomic mass is 32.1. The lowest BCUT2D eigenvalue weighted by Crippen LogP contribution is -2.22. The first-order valence-corrected chi connectivity index (χ1v) is 7.06. The van der Waals surface area contributed by atoms with Crippen LogP contribution in [0.3, 0.4) is 0 Å². The highest BCUT2D eigenvalue weighted by Crippen LogP contribution is 2.21. The fraction of sp³-hybridized carbons (Fsp3) is 0.357. The molecule has 0 fully saturated rings. The quantitative estimate of drug-likeness (QED) is 0.881. The molecule has 0 saturated heterocycles. The minimum Gasteiger partial charge on any atom is -0.486 e. The molecule has 0 spiro atoms. The summed E-state index contributed by atoms with van der Waals surface area (Å²) in [6.07, 6.45) is 1.75. The van der Waals surface area contributed by atoms with E-state index in [1.54, 1.807) is 23.6 Å². The Kier molecular flexibility index (Phi) is 4.87. The largest absolute Gasteiger partial charge is 0.486 e. The van der Waals surface area contributed by atoms with Gasteiger partial charge < -0.3 is 10.1 Å². The fourth-order valence-corrected chi connectivity index (χ4v) is 2.13. The molecular formula is C14H17FN2OS. The Morgan fingerprint density at radius 2 is 2.26 bits per heavy atom. The van der Waals surface area contributed by atoms with Crippen LogP contribution in [0.15, 0.2) is 29.8 Å². The van der Waals surface area contributed by atoms with Gasteiger partial charge in [-0.25, -0.2) is 9.37 Å². The van der Waals surface area contributed by atoms with Crippen molar-refractivity contribution in [3.05, 3.63) is 46.2 Å². The molecule has 1 heterocycles. The molecule has 0 atom stereocenters. The van der Waals surface area contributed by atoms with E-state index in [1.807, 2.05) is 5.38 Å². The zero-order chi connectivity index (χ0) is 13.7. The van der Waals surface area contributed by atoms with E-state index in [0.717, 1.165) is 10.6 Å². The van der Waals surface area contributed by atoms with Crippen LogP contribution in [0.2, 0.25) is 0 Å². The molecule has 0 radical (unpaired) electrons. The first-order chi connectivity index (χ1) is 9.15. The molecule has 0 amide bonds. The van der Waals surface area contributed by atoms with Gasteiger partial charge in [0, 0.05) is 29.7 Å². The van der Waals surface area contributed by atoms with Crippen LogP contribution in [0.4, 0.5) is 4.39 Å². The van der Waals surface area contributed by atoms with Gasteiger partial charge >= 0.3 is 0 Å². The smallest absolute Gasteiger partial charge is 0.140 e. The average molecular weight is 280 g/mol. The molecule has 1 aromatic carbocycles. The van der Waals surface area contributed by atoms with Gasteiger partial charge in [0.15, 0.2) is 0 Å². The van der Waals surface area contributed by atoms with Gasteiger partial charge in [-0.2, -0.15) is 0 Å². The van der Waals surface area contributed by atoms with Crippen molar-refractivity contribution in [1.82, 2.24) is 10.3 Å². The van der Waals surface area contributed by atoms with Gasteiger partial charge in [0.1, 0.15) is 23.2 Å². The summed E-state index contributed by atoms with van der Waals surface area (Å²) in [6, 6.07) is 4.93. The van der Waals surface area contributed by atoms with Crippen molar-refractivity contribution in [1.29, 1.82) is 0 Å². The van der Waals surface area contributed by atoms with E-state index in [4.69, 9.17) is 4.74 Å². The number of rotatable bonds is 6. The molecule has 19 heavy (non-hydrogen) atoms. The Morgan fingerprint density at radius 1 is 1.42 bits per heavy atom. The molecule has 102 valence electrons. The highest BCUT2D eigenvalue weighted by Gasteiger charge is 2.07. The fourth-order valence-electron chi connectivity index (χ4n) is 1.60. The van der Waals surface area contributed by atoms with Crippen LogP contribution in [-0.2, 0) is 13.2 Å². The molecule has 3 nitrogen and oxygen atoms in total. The predicted octanol–water partition coefficient (Wildman–Crippen LogP) is 3.36. The monoisotopic (exact) mass is 280 g/mol. The molecule has 0 aliphatic carbocycles. The van der Waals surface area contributed by atoms with Crippen molar-refractivity contribution in [2.75, 3.05) is 0 Å². The number of ether oxygens (including phenoxy) is 1. The van der Waals surface area contributed by atoms with Crippen molar-refractivity contribution in [2.24, 2.45) is 0 Å². The lowest BCUT2D eigenvalue weighted by atomic mass is 10.2. The summed E-state index contributed by atoms with van der Waals surface area (Å²) < 4.78 is 19.0. The van der Waals surface area contributed by atoms with Crippen LogP contribution < -0.4 is 10.1 Å². The van der Waals surface area contributed by atoms with E-state index < -0.39 is 0 Å². The average Bonchev–Trinajstić information content (AvgIpc) is 2.88. The number of halogens is 1. The second kappa shape index (κ2) is 6.63.